The number of thioether (sulfide) groups is 1. The predicted molar refractivity (Wildman–Crippen MR) is 111 cm³/mol. The fourth-order valence-electron chi connectivity index (χ4n) is 3.91. The molecule has 2 aromatic rings. The zero-order valence-electron chi connectivity index (χ0n) is 15.9. The van der Waals surface area contributed by atoms with E-state index in [2.05, 4.69) is 11.4 Å². The van der Waals surface area contributed by atoms with Crippen LogP contribution in [0.5, 0.6) is 0 Å². The first-order valence-electron chi connectivity index (χ1n) is 9.73. The summed E-state index contributed by atoms with van der Waals surface area (Å²) in [6, 6.07) is 12.9. The number of carbonyl (C=O) groups excluding carboxylic acids is 1. The Labute approximate surface area is 174 Å². The molecule has 0 aromatic heterocycles. The van der Waals surface area contributed by atoms with Gasteiger partial charge in [-0.25, -0.2) is 12.8 Å². The number of nitrogens with one attached hydrogen (secondary N) is 1. The standard InChI is InChI=1S/C21H23FN2O3S2/c22-16-7-9-17(10-8-16)29(26,27)24-12-3-4-15(14-24)21(25)23-19-11-13-28-20-6-2-1-5-18(19)20/h1-2,5-10,15,19H,3-4,11-14H2,(H,23,25). The maximum absolute atomic E-state index is 13.2. The molecule has 29 heavy (non-hydrogen) atoms. The summed E-state index contributed by atoms with van der Waals surface area (Å²) in [5.74, 6) is -0.0280. The lowest BCUT2D eigenvalue weighted by molar-refractivity contribution is -0.126. The normalized spacial score (nSPS) is 22.7. The van der Waals surface area contributed by atoms with E-state index in [0.29, 0.717) is 19.4 Å². The molecule has 1 N–H and O–H groups in total. The van der Waals surface area contributed by atoms with E-state index in [-0.39, 0.29) is 29.3 Å². The quantitative estimate of drug-likeness (QED) is 0.799. The zero-order valence-corrected chi connectivity index (χ0v) is 17.5. The molecule has 5 nitrogen and oxygen atoms in total. The van der Waals surface area contributed by atoms with Gasteiger partial charge in [0, 0.05) is 23.7 Å². The van der Waals surface area contributed by atoms with Crippen LogP contribution in [0, 0.1) is 11.7 Å². The van der Waals surface area contributed by atoms with Gasteiger partial charge in [-0.05, 0) is 55.2 Å². The van der Waals surface area contributed by atoms with E-state index in [4.69, 9.17) is 0 Å². The van der Waals surface area contributed by atoms with Gasteiger partial charge in [-0.1, -0.05) is 18.2 Å². The van der Waals surface area contributed by atoms with Gasteiger partial charge in [0.15, 0.2) is 0 Å². The van der Waals surface area contributed by atoms with Crippen molar-refractivity contribution < 1.29 is 17.6 Å². The number of rotatable bonds is 4. The van der Waals surface area contributed by atoms with Crippen molar-refractivity contribution in [2.24, 2.45) is 5.92 Å². The van der Waals surface area contributed by atoms with Crippen molar-refractivity contribution in [3.63, 3.8) is 0 Å². The van der Waals surface area contributed by atoms with Crippen LogP contribution in [0.2, 0.25) is 0 Å². The molecule has 1 amide bonds. The molecule has 2 heterocycles. The highest BCUT2D eigenvalue weighted by Gasteiger charge is 2.34. The first-order valence-corrected chi connectivity index (χ1v) is 12.2. The van der Waals surface area contributed by atoms with Gasteiger partial charge >= 0.3 is 0 Å². The number of carbonyl (C=O) groups is 1. The Morgan fingerprint density at radius 2 is 1.86 bits per heavy atom. The zero-order chi connectivity index (χ0) is 20.4. The Kier molecular flexibility index (Phi) is 5.94. The molecule has 2 aliphatic heterocycles. The lowest BCUT2D eigenvalue weighted by atomic mass is 9.97. The lowest BCUT2D eigenvalue weighted by Gasteiger charge is -2.33. The average Bonchev–Trinajstić information content (AvgIpc) is 2.74. The van der Waals surface area contributed by atoms with Gasteiger partial charge < -0.3 is 5.32 Å². The van der Waals surface area contributed by atoms with Gasteiger partial charge in [-0.3, -0.25) is 4.79 Å². The highest BCUT2D eigenvalue weighted by molar-refractivity contribution is 7.99. The van der Waals surface area contributed by atoms with Gasteiger partial charge in [-0.2, -0.15) is 4.31 Å². The molecule has 8 heteroatoms. The number of amides is 1. The maximum Gasteiger partial charge on any atom is 0.243 e. The molecule has 0 spiro atoms. The Bertz CT molecular complexity index is 995. The van der Waals surface area contributed by atoms with E-state index in [0.717, 1.165) is 29.9 Å². The SMILES string of the molecule is O=C(NC1CCSc2ccccc21)C1CCCN(S(=O)(=O)c2ccc(F)cc2)C1. The first-order chi connectivity index (χ1) is 13.9. The molecule has 0 saturated carbocycles. The highest BCUT2D eigenvalue weighted by Crippen LogP contribution is 2.36. The Morgan fingerprint density at radius 3 is 2.66 bits per heavy atom. The van der Waals surface area contributed by atoms with Gasteiger partial charge in [0.2, 0.25) is 15.9 Å². The summed E-state index contributed by atoms with van der Waals surface area (Å²) in [5, 5.41) is 3.14. The molecule has 2 aromatic carbocycles. The molecular formula is C21H23FN2O3S2. The van der Waals surface area contributed by atoms with Crippen molar-refractivity contribution in [2.45, 2.75) is 35.1 Å². The molecule has 1 fully saturated rings. The van der Waals surface area contributed by atoms with Gasteiger partial charge in [0.05, 0.1) is 16.9 Å². The lowest BCUT2D eigenvalue weighted by Crippen LogP contribution is -2.46. The molecule has 154 valence electrons. The molecule has 4 rings (SSSR count). The summed E-state index contributed by atoms with van der Waals surface area (Å²) >= 11 is 1.79. The second-order valence-electron chi connectivity index (χ2n) is 7.39. The van der Waals surface area contributed by atoms with Crippen LogP contribution in [0.15, 0.2) is 58.3 Å². The maximum atomic E-state index is 13.2. The fourth-order valence-corrected chi connectivity index (χ4v) is 6.56. The number of hydrogen-bond donors (Lipinski definition) is 1. The molecule has 0 aliphatic carbocycles. The fraction of sp³-hybridized carbons (Fsp3) is 0.381. The minimum absolute atomic E-state index is 0.0379. The van der Waals surface area contributed by atoms with Crippen LogP contribution in [0.1, 0.15) is 30.9 Å². The van der Waals surface area contributed by atoms with Crippen molar-refractivity contribution >= 4 is 27.7 Å². The number of nitrogens with zero attached hydrogens (tertiary/aromatic N) is 1. The topological polar surface area (TPSA) is 66.5 Å². The number of benzene rings is 2. The summed E-state index contributed by atoms with van der Waals surface area (Å²) in [6.07, 6.45) is 2.14. The minimum Gasteiger partial charge on any atom is -0.349 e. The third kappa shape index (κ3) is 4.34. The Balaban J connectivity index is 1.46. The Hall–Kier alpha value is -1.90. The number of sulfonamides is 1. The second kappa shape index (κ2) is 8.45. The number of halogens is 1. The van der Waals surface area contributed by atoms with Crippen LogP contribution in [0.25, 0.3) is 0 Å². The van der Waals surface area contributed by atoms with E-state index in [9.17, 15) is 17.6 Å². The molecule has 2 unspecified atom stereocenters. The third-order valence-corrected chi connectivity index (χ3v) is 8.48. The molecule has 1 saturated heterocycles. The van der Waals surface area contributed by atoms with E-state index < -0.39 is 15.8 Å². The van der Waals surface area contributed by atoms with Crippen molar-refractivity contribution in [1.82, 2.24) is 9.62 Å². The third-order valence-electron chi connectivity index (χ3n) is 5.48. The van der Waals surface area contributed by atoms with Crippen LogP contribution in [0.3, 0.4) is 0 Å². The Morgan fingerprint density at radius 1 is 1.10 bits per heavy atom. The van der Waals surface area contributed by atoms with Crippen molar-refractivity contribution in [3.8, 4) is 0 Å². The van der Waals surface area contributed by atoms with Crippen LogP contribution >= 0.6 is 11.8 Å². The van der Waals surface area contributed by atoms with Crippen LogP contribution in [0.4, 0.5) is 4.39 Å². The summed E-state index contributed by atoms with van der Waals surface area (Å²) in [7, 11) is -3.74. The van der Waals surface area contributed by atoms with Crippen molar-refractivity contribution in [3.05, 3.63) is 59.9 Å². The number of piperidine rings is 1. The number of hydrogen-bond acceptors (Lipinski definition) is 4. The first kappa shape index (κ1) is 20.4. The summed E-state index contributed by atoms with van der Waals surface area (Å²) in [5.41, 5.74) is 1.13. The van der Waals surface area contributed by atoms with E-state index >= 15 is 0 Å². The largest absolute Gasteiger partial charge is 0.349 e. The molecule has 0 radical (unpaired) electrons. The predicted octanol–water partition coefficient (Wildman–Crippen LogP) is 3.58. The molecule has 0 bridgehead atoms. The average molecular weight is 435 g/mol. The van der Waals surface area contributed by atoms with Gasteiger partial charge in [0.25, 0.3) is 0 Å². The minimum atomic E-state index is -3.74. The summed E-state index contributed by atoms with van der Waals surface area (Å²) in [6.45, 7) is 0.515. The van der Waals surface area contributed by atoms with Crippen molar-refractivity contribution in [2.75, 3.05) is 18.8 Å². The van der Waals surface area contributed by atoms with E-state index in [1.165, 1.54) is 21.3 Å². The number of fused-ring (bicyclic) bond motifs is 1. The molecular weight excluding hydrogens is 411 g/mol. The van der Waals surface area contributed by atoms with Crippen molar-refractivity contribution in [1.29, 1.82) is 0 Å². The van der Waals surface area contributed by atoms with E-state index in [1.54, 1.807) is 11.8 Å². The smallest absolute Gasteiger partial charge is 0.243 e. The monoisotopic (exact) mass is 434 g/mol. The van der Waals surface area contributed by atoms with Crippen LogP contribution in [-0.4, -0.2) is 37.5 Å². The van der Waals surface area contributed by atoms with Crippen LogP contribution in [-0.2, 0) is 14.8 Å². The van der Waals surface area contributed by atoms with Crippen LogP contribution < -0.4 is 5.32 Å². The highest BCUT2D eigenvalue weighted by atomic mass is 32.2. The molecule has 2 atom stereocenters. The van der Waals surface area contributed by atoms with Gasteiger partial charge in [-0.15, -0.1) is 11.8 Å². The van der Waals surface area contributed by atoms with Gasteiger partial charge in [0.1, 0.15) is 5.82 Å². The second-order valence-corrected chi connectivity index (χ2v) is 10.5. The van der Waals surface area contributed by atoms with E-state index in [1.807, 2.05) is 18.2 Å². The summed E-state index contributed by atoms with van der Waals surface area (Å²) < 4.78 is 40.3. The summed E-state index contributed by atoms with van der Waals surface area (Å²) in [4.78, 5) is 14.2. The molecule has 2 aliphatic rings.